The van der Waals surface area contributed by atoms with E-state index in [1.54, 1.807) is 6.92 Å². The van der Waals surface area contributed by atoms with Crippen LogP contribution in [0, 0.1) is 11.6 Å². The minimum absolute atomic E-state index is 0.107. The Morgan fingerprint density at radius 3 is 2.22 bits per heavy atom. The molecule has 0 radical (unpaired) electrons. The number of amides is 1. The van der Waals surface area contributed by atoms with E-state index >= 15 is 0 Å². The third-order valence-electron chi connectivity index (χ3n) is 2.09. The Balaban J connectivity index is 3.13. The van der Waals surface area contributed by atoms with Crippen LogP contribution >= 0.6 is 0 Å². The molecule has 0 saturated heterocycles. The lowest BCUT2D eigenvalue weighted by Crippen LogP contribution is -2.16. The van der Waals surface area contributed by atoms with Crippen LogP contribution in [-0.2, 0) is 14.8 Å². The number of hydrogen-bond donors (Lipinski definition) is 2. The van der Waals surface area contributed by atoms with Crippen molar-refractivity contribution in [2.75, 3.05) is 5.32 Å². The van der Waals surface area contributed by atoms with Crippen molar-refractivity contribution in [2.24, 2.45) is 5.14 Å². The zero-order valence-corrected chi connectivity index (χ0v) is 10.4. The Hall–Kier alpha value is -1.54. The molecule has 1 aromatic carbocycles. The molecule has 3 N–H and O–H groups in total. The number of nitrogens with two attached hydrogens (primary N) is 1. The molecule has 1 rings (SSSR count). The number of primary sulfonamides is 1. The number of hydrogen-bond acceptors (Lipinski definition) is 3. The summed E-state index contributed by atoms with van der Waals surface area (Å²) in [5.41, 5.74) is -0.680. The van der Waals surface area contributed by atoms with E-state index in [0.717, 1.165) is 0 Å². The van der Waals surface area contributed by atoms with E-state index in [0.29, 0.717) is 18.6 Å². The van der Waals surface area contributed by atoms with Gasteiger partial charge >= 0.3 is 0 Å². The molecule has 100 valence electrons. The Morgan fingerprint density at radius 2 is 1.83 bits per heavy atom. The highest BCUT2D eigenvalue weighted by molar-refractivity contribution is 7.89. The largest absolute Gasteiger partial charge is 0.321 e. The topological polar surface area (TPSA) is 89.3 Å². The third kappa shape index (κ3) is 3.47. The molecule has 1 aromatic rings. The molecular weight excluding hydrogens is 266 g/mol. The van der Waals surface area contributed by atoms with Crippen LogP contribution in [0.4, 0.5) is 14.5 Å². The molecule has 0 unspecified atom stereocenters. The Labute approximate surface area is 103 Å². The van der Waals surface area contributed by atoms with Gasteiger partial charge in [0, 0.05) is 6.42 Å². The summed E-state index contributed by atoms with van der Waals surface area (Å²) in [6.07, 6.45) is 0.625. The molecule has 0 atom stereocenters. The van der Waals surface area contributed by atoms with Crippen LogP contribution in [0.1, 0.15) is 19.8 Å². The highest BCUT2D eigenvalue weighted by Gasteiger charge is 2.18. The van der Waals surface area contributed by atoms with Gasteiger partial charge in [0.25, 0.3) is 0 Å². The van der Waals surface area contributed by atoms with Gasteiger partial charge in [-0.2, -0.15) is 0 Å². The maximum atomic E-state index is 13.5. The first-order chi connectivity index (χ1) is 8.25. The second-order valence-electron chi connectivity index (χ2n) is 3.61. The smallest absolute Gasteiger partial charge is 0.238 e. The SMILES string of the molecule is CCCC(=O)Nc1c(F)cc(S(N)(=O)=O)cc1F. The van der Waals surface area contributed by atoms with E-state index in [-0.39, 0.29) is 6.42 Å². The quantitative estimate of drug-likeness (QED) is 0.871. The van der Waals surface area contributed by atoms with Gasteiger partial charge in [-0.05, 0) is 18.6 Å². The monoisotopic (exact) mass is 278 g/mol. The molecule has 0 fully saturated rings. The first kappa shape index (κ1) is 14.5. The van der Waals surface area contributed by atoms with Crippen molar-refractivity contribution in [1.29, 1.82) is 0 Å². The number of halogens is 2. The van der Waals surface area contributed by atoms with Gasteiger partial charge in [-0.25, -0.2) is 22.3 Å². The number of nitrogens with one attached hydrogen (secondary N) is 1. The molecule has 1 amide bonds. The highest BCUT2D eigenvalue weighted by atomic mass is 32.2. The number of carbonyl (C=O) groups is 1. The second-order valence-corrected chi connectivity index (χ2v) is 5.17. The number of carbonyl (C=O) groups excluding carboxylic acids is 1. The molecule has 0 aromatic heterocycles. The van der Waals surface area contributed by atoms with Crippen molar-refractivity contribution < 1.29 is 22.0 Å². The average molecular weight is 278 g/mol. The van der Waals surface area contributed by atoms with E-state index < -0.39 is 38.1 Å². The van der Waals surface area contributed by atoms with E-state index in [1.807, 2.05) is 5.32 Å². The number of sulfonamides is 1. The lowest BCUT2D eigenvalue weighted by molar-refractivity contribution is -0.116. The molecular formula is C10H12F2N2O3S. The van der Waals surface area contributed by atoms with Crippen LogP contribution in [0.3, 0.4) is 0 Å². The Kier molecular flexibility index (Phi) is 4.36. The van der Waals surface area contributed by atoms with Gasteiger partial charge in [0.05, 0.1) is 4.90 Å². The first-order valence-electron chi connectivity index (χ1n) is 5.07. The van der Waals surface area contributed by atoms with E-state index in [1.165, 1.54) is 0 Å². The second kappa shape index (κ2) is 5.40. The minimum Gasteiger partial charge on any atom is -0.321 e. The number of anilines is 1. The minimum atomic E-state index is -4.20. The lowest BCUT2D eigenvalue weighted by atomic mass is 10.2. The third-order valence-corrected chi connectivity index (χ3v) is 2.98. The average Bonchev–Trinajstić information content (AvgIpc) is 2.22. The molecule has 5 nitrogen and oxygen atoms in total. The zero-order chi connectivity index (χ0) is 13.9. The lowest BCUT2D eigenvalue weighted by Gasteiger charge is -2.08. The molecule has 0 aliphatic rings. The molecule has 0 bridgehead atoms. The summed E-state index contributed by atoms with van der Waals surface area (Å²) in [6, 6.07) is 1.11. The van der Waals surface area contributed by atoms with Crippen LogP contribution in [0.25, 0.3) is 0 Å². The van der Waals surface area contributed by atoms with Crippen molar-refractivity contribution in [2.45, 2.75) is 24.7 Å². The van der Waals surface area contributed by atoms with Crippen molar-refractivity contribution in [3.8, 4) is 0 Å². The maximum Gasteiger partial charge on any atom is 0.238 e. The Morgan fingerprint density at radius 1 is 1.33 bits per heavy atom. The fraction of sp³-hybridized carbons (Fsp3) is 0.300. The molecule has 0 heterocycles. The molecule has 0 aliphatic heterocycles. The van der Waals surface area contributed by atoms with Crippen molar-refractivity contribution in [1.82, 2.24) is 0 Å². The highest BCUT2D eigenvalue weighted by Crippen LogP contribution is 2.22. The van der Waals surface area contributed by atoms with Crippen molar-refractivity contribution in [3.63, 3.8) is 0 Å². The summed E-state index contributed by atoms with van der Waals surface area (Å²) in [7, 11) is -4.20. The van der Waals surface area contributed by atoms with Gasteiger partial charge in [0.15, 0.2) is 11.6 Å². The van der Waals surface area contributed by atoms with E-state index in [9.17, 15) is 22.0 Å². The first-order valence-corrected chi connectivity index (χ1v) is 6.62. The Bertz CT molecular complexity index is 549. The van der Waals surface area contributed by atoms with Crippen LogP contribution in [0.5, 0.6) is 0 Å². The number of rotatable bonds is 4. The van der Waals surface area contributed by atoms with Crippen LogP contribution in [0.2, 0.25) is 0 Å². The zero-order valence-electron chi connectivity index (χ0n) is 9.54. The molecule has 18 heavy (non-hydrogen) atoms. The molecule has 0 saturated carbocycles. The predicted molar refractivity (Wildman–Crippen MR) is 61.3 cm³/mol. The fourth-order valence-electron chi connectivity index (χ4n) is 1.26. The van der Waals surface area contributed by atoms with Gasteiger partial charge < -0.3 is 5.32 Å². The van der Waals surface area contributed by atoms with Gasteiger partial charge in [-0.1, -0.05) is 6.92 Å². The summed E-state index contributed by atoms with van der Waals surface area (Å²) in [6.45, 7) is 1.73. The standard InChI is InChI=1S/C10H12F2N2O3S/c1-2-3-9(15)14-10-7(11)4-6(5-8(10)12)18(13,16)17/h4-5H,2-3H2,1H3,(H,14,15)(H2,13,16,17). The number of benzene rings is 1. The van der Waals surface area contributed by atoms with Gasteiger partial charge in [-0.3, -0.25) is 4.79 Å². The van der Waals surface area contributed by atoms with Crippen LogP contribution in [-0.4, -0.2) is 14.3 Å². The van der Waals surface area contributed by atoms with Gasteiger partial charge in [0.2, 0.25) is 15.9 Å². The van der Waals surface area contributed by atoms with Gasteiger partial charge in [-0.15, -0.1) is 0 Å². The molecule has 0 spiro atoms. The van der Waals surface area contributed by atoms with Gasteiger partial charge in [0.1, 0.15) is 5.69 Å². The molecule has 8 heteroatoms. The predicted octanol–water partition coefficient (Wildman–Crippen LogP) is 1.35. The van der Waals surface area contributed by atoms with E-state index in [2.05, 4.69) is 0 Å². The van der Waals surface area contributed by atoms with Crippen molar-refractivity contribution >= 4 is 21.6 Å². The summed E-state index contributed by atoms with van der Waals surface area (Å²) in [4.78, 5) is 10.5. The van der Waals surface area contributed by atoms with Crippen LogP contribution < -0.4 is 10.5 Å². The van der Waals surface area contributed by atoms with Crippen LogP contribution in [0.15, 0.2) is 17.0 Å². The maximum absolute atomic E-state index is 13.5. The van der Waals surface area contributed by atoms with Crippen molar-refractivity contribution in [3.05, 3.63) is 23.8 Å². The molecule has 0 aliphatic carbocycles. The summed E-state index contributed by atoms with van der Waals surface area (Å²) in [5, 5.41) is 6.78. The fourth-order valence-corrected chi connectivity index (χ4v) is 1.80. The van der Waals surface area contributed by atoms with E-state index in [4.69, 9.17) is 5.14 Å². The summed E-state index contributed by atoms with van der Waals surface area (Å²) < 4.78 is 48.8. The summed E-state index contributed by atoms with van der Waals surface area (Å²) >= 11 is 0. The summed E-state index contributed by atoms with van der Waals surface area (Å²) in [5.74, 6) is -2.94. The normalized spacial score (nSPS) is 11.3.